The van der Waals surface area contributed by atoms with Crippen LogP contribution in [0.2, 0.25) is 0 Å². The van der Waals surface area contributed by atoms with Gasteiger partial charge in [0.25, 0.3) is 0 Å². The highest BCUT2D eigenvalue weighted by Gasteiger charge is 2.37. The maximum absolute atomic E-state index is 10.7. The van der Waals surface area contributed by atoms with Crippen LogP contribution in [0.1, 0.15) is 17.5 Å². The lowest BCUT2D eigenvalue weighted by Crippen LogP contribution is -2.40. The molecule has 0 heterocycles. The summed E-state index contributed by atoms with van der Waals surface area (Å²) >= 11 is 4.84. The number of ether oxygens (including phenoxy) is 1. The highest BCUT2D eigenvalue weighted by atomic mass is 127. The molecule has 2 aromatic carbocycles. The Morgan fingerprint density at radius 3 is 1.52 bits per heavy atom. The van der Waals surface area contributed by atoms with Crippen molar-refractivity contribution in [2.75, 3.05) is 54.9 Å². The van der Waals surface area contributed by atoms with Crippen LogP contribution >= 0.6 is 45.2 Å². The molecule has 0 fully saturated rings. The topological polar surface area (TPSA) is 124 Å². The molecule has 0 unspecified atom stereocenters. The quantitative estimate of drug-likeness (QED) is 0.0794. The second-order valence-corrected chi connectivity index (χ2v) is 16.0. The van der Waals surface area contributed by atoms with E-state index >= 15 is 0 Å². The summed E-state index contributed by atoms with van der Waals surface area (Å²) < 4.78 is 128. The first kappa shape index (κ1) is 43.0. The Hall–Kier alpha value is -0.980. The molecular weight excluding hydrogens is 872 g/mol. The smallest absolute Gasteiger partial charge is 0.485 e. The molecule has 254 valence electrons. The molecule has 0 aromatic heterocycles. The first-order valence-corrected chi connectivity index (χ1v) is 17.3. The van der Waals surface area contributed by atoms with E-state index in [1.807, 2.05) is 0 Å². The van der Waals surface area contributed by atoms with Crippen molar-refractivity contribution in [1.29, 1.82) is 0 Å². The monoisotopic (exact) mass is 906 g/mol. The number of rotatable bonds is 10. The third-order valence-corrected chi connectivity index (χ3v) is 8.04. The standard InChI is InChI=1S/C23H34I2N2O.2CHF3O3S/c1-26(2,3)13-9-15-28-23-21(24)16-20(17-22(23)25)12-14-27(4,5)18-19-10-7-6-8-11-19;2*2-1(3,4)8(5,6)7/h6-8,10-11,16-17H,9,12-15,18H2,1-5H3;2*(H,5,6,7)/q+2;;/p-2. The SMILES string of the molecule is C[N+](C)(C)CCCOc1c(I)cc(CC[N+](C)(C)Cc2ccccc2)cc1I.O=S(=O)([O-])C(F)(F)F.O=S(=O)([O-])C(F)(F)F. The van der Waals surface area contributed by atoms with E-state index in [0.29, 0.717) is 0 Å². The molecule has 19 heteroatoms. The molecule has 0 aliphatic rings. The minimum atomic E-state index is -6.09. The molecular formula is C25H34F6I2N2O7S2. The lowest BCUT2D eigenvalue weighted by Gasteiger charge is -2.30. The highest BCUT2D eigenvalue weighted by molar-refractivity contribution is 14.1. The normalized spacial score (nSPS) is 12.9. The summed E-state index contributed by atoms with van der Waals surface area (Å²) in [6.07, 6.45) is 2.15. The van der Waals surface area contributed by atoms with Crippen molar-refractivity contribution >= 4 is 65.4 Å². The zero-order valence-electron chi connectivity index (χ0n) is 24.4. The zero-order chi connectivity index (χ0) is 34.8. The fourth-order valence-corrected chi connectivity index (χ4v) is 5.40. The summed E-state index contributed by atoms with van der Waals surface area (Å²) in [7, 11) is -0.886. The first-order valence-electron chi connectivity index (χ1n) is 12.4. The van der Waals surface area contributed by atoms with E-state index in [-0.39, 0.29) is 0 Å². The summed E-state index contributed by atoms with van der Waals surface area (Å²) in [5, 5.41) is 0. The average Bonchev–Trinajstić information content (AvgIpc) is 2.80. The molecule has 0 aliphatic heterocycles. The van der Waals surface area contributed by atoms with Gasteiger partial charge in [-0.15, -0.1) is 0 Å². The van der Waals surface area contributed by atoms with Gasteiger partial charge in [0.1, 0.15) is 12.3 Å². The van der Waals surface area contributed by atoms with Crippen molar-refractivity contribution in [3.63, 3.8) is 0 Å². The molecule has 0 atom stereocenters. The van der Waals surface area contributed by atoms with Crippen molar-refractivity contribution in [3.05, 3.63) is 60.7 Å². The van der Waals surface area contributed by atoms with Gasteiger partial charge in [0, 0.05) is 18.4 Å². The molecule has 0 spiro atoms. The van der Waals surface area contributed by atoms with Crippen molar-refractivity contribution < 1.29 is 66.0 Å². The van der Waals surface area contributed by atoms with E-state index in [1.165, 1.54) is 18.3 Å². The molecule has 0 aliphatic carbocycles. The lowest BCUT2D eigenvalue weighted by atomic mass is 10.1. The Bertz CT molecular complexity index is 1340. The van der Waals surface area contributed by atoms with Crippen LogP contribution in [0.15, 0.2) is 42.5 Å². The summed E-state index contributed by atoms with van der Waals surface area (Å²) in [5.41, 5.74) is -8.50. The first-order chi connectivity index (χ1) is 19.6. The minimum Gasteiger partial charge on any atom is -0.741 e. The summed E-state index contributed by atoms with van der Waals surface area (Å²) in [4.78, 5) is 0. The van der Waals surface area contributed by atoms with E-state index in [1.54, 1.807) is 0 Å². The molecule has 0 N–H and O–H groups in total. The predicted octanol–water partition coefficient (Wildman–Crippen LogP) is 5.29. The third-order valence-electron chi connectivity index (χ3n) is 5.30. The molecule has 0 saturated heterocycles. The van der Waals surface area contributed by atoms with Gasteiger partial charge in [0.2, 0.25) is 0 Å². The second kappa shape index (κ2) is 17.3. The fraction of sp³-hybridized carbons (Fsp3) is 0.520. The van der Waals surface area contributed by atoms with Gasteiger partial charge in [-0.1, -0.05) is 30.3 Å². The molecule has 0 bridgehead atoms. The predicted molar refractivity (Wildman–Crippen MR) is 167 cm³/mol. The van der Waals surface area contributed by atoms with Gasteiger partial charge >= 0.3 is 11.0 Å². The summed E-state index contributed by atoms with van der Waals surface area (Å²) in [5.74, 6) is 1.05. The highest BCUT2D eigenvalue weighted by Crippen LogP contribution is 2.30. The number of hydrogen-bond donors (Lipinski definition) is 0. The van der Waals surface area contributed by atoms with Gasteiger partial charge in [-0.2, -0.15) is 26.3 Å². The maximum atomic E-state index is 10.7. The maximum Gasteiger partial charge on any atom is 0.485 e. The minimum absolute atomic E-state index is 0.780. The van der Waals surface area contributed by atoms with E-state index in [2.05, 4.69) is 123 Å². The van der Waals surface area contributed by atoms with E-state index in [0.717, 1.165) is 53.8 Å². The third kappa shape index (κ3) is 18.2. The van der Waals surface area contributed by atoms with E-state index < -0.39 is 31.3 Å². The molecule has 2 aromatic rings. The Morgan fingerprint density at radius 2 is 1.16 bits per heavy atom. The summed E-state index contributed by atoms with van der Waals surface area (Å²) in [6, 6.07) is 15.4. The molecule has 2 rings (SSSR count). The van der Waals surface area contributed by atoms with Crippen LogP contribution in [0.4, 0.5) is 26.3 Å². The van der Waals surface area contributed by atoms with Crippen LogP contribution in [-0.4, -0.2) is 101 Å². The van der Waals surface area contributed by atoms with Gasteiger partial charge in [0.15, 0.2) is 20.2 Å². The van der Waals surface area contributed by atoms with Gasteiger partial charge in [-0.05, 0) is 62.9 Å². The number of quaternary nitrogens is 2. The van der Waals surface area contributed by atoms with Gasteiger partial charge in [0.05, 0.1) is 62.1 Å². The largest absolute Gasteiger partial charge is 0.741 e. The van der Waals surface area contributed by atoms with Gasteiger partial charge in [-0.3, -0.25) is 0 Å². The molecule has 0 saturated carbocycles. The van der Waals surface area contributed by atoms with Crippen LogP contribution in [0.3, 0.4) is 0 Å². The molecule has 44 heavy (non-hydrogen) atoms. The van der Waals surface area contributed by atoms with Crippen LogP contribution in [0, 0.1) is 7.14 Å². The molecule has 0 radical (unpaired) electrons. The van der Waals surface area contributed by atoms with E-state index in [4.69, 9.17) is 30.7 Å². The van der Waals surface area contributed by atoms with E-state index in [9.17, 15) is 26.3 Å². The number of hydrogen-bond acceptors (Lipinski definition) is 7. The number of halogens is 8. The van der Waals surface area contributed by atoms with Crippen LogP contribution in [-0.2, 0) is 33.2 Å². The second-order valence-electron chi connectivity index (χ2n) is 11.0. The molecule has 9 nitrogen and oxygen atoms in total. The Labute approximate surface area is 281 Å². The van der Waals surface area contributed by atoms with Crippen molar-refractivity contribution in [2.24, 2.45) is 0 Å². The zero-order valence-corrected chi connectivity index (χ0v) is 30.3. The number of benzene rings is 2. The van der Waals surface area contributed by atoms with Gasteiger partial charge < -0.3 is 22.8 Å². The van der Waals surface area contributed by atoms with Crippen molar-refractivity contribution in [1.82, 2.24) is 0 Å². The van der Waals surface area contributed by atoms with Crippen LogP contribution in [0.25, 0.3) is 0 Å². The molecule has 0 amide bonds. The van der Waals surface area contributed by atoms with Crippen molar-refractivity contribution in [3.8, 4) is 5.75 Å². The summed E-state index contributed by atoms with van der Waals surface area (Å²) in [6.45, 7) is 4.08. The fourth-order valence-electron chi connectivity index (χ4n) is 3.20. The lowest BCUT2D eigenvalue weighted by molar-refractivity contribution is -0.903. The number of likely N-dealkylation sites (N-methyl/N-ethyl adjacent to an activating group) is 1. The van der Waals surface area contributed by atoms with Gasteiger partial charge in [-0.25, -0.2) is 16.8 Å². The van der Waals surface area contributed by atoms with Crippen molar-refractivity contribution in [2.45, 2.75) is 30.4 Å². The Kier molecular flexibility index (Phi) is 16.9. The Morgan fingerprint density at radius 1 is 0.750 bits per heavy atom. The van der Waals surface area contributed by atoms with Crippen LogP contribution in [0.5, 0.6) is 5.75 Å². The number of nitrogens with zero attached hydrogens (tertiary/aromatic N) is 2. The average molecular weight is 906 g/mol. The van der Waals surface area contributed by atoms with Crippen LogP contribution < -0.4 is 4.74 Å². The Balaban J connectivity index is 0.000000947. The number of alkyl halides is 6.